The van der Waals surface area contributed by atoms with E-state index < -0.39 is 11.6 Å². The number of halogens is 2. The van der Waals surface area contributed by atoms with Crippen molar-refractivity contribution >= 4 is 17.5 Å². The van der Waals surface area contributed by atoms with E-state index in [1.165, 1.54) is 43.5 Å². The first-order chi connectivity index (χ1) is 13.0. The van der Waals surface area contributed by atoms with E-state index in [0.717, 1.165) is 0 Å². The van der Waals surface area contributed by atoms with E-state index in [-0.39, 0.29) is 23.5 Å². The molecular formula is C20H20F2N2O3. The molecular weight excluding hydrogens is 354 g/mol. The predicted molar refractivity (Wildman–Crippen MR) is 96.6 cm³/mol. The molecule has 0 aromatic heterocycles. The minimum Gasteiger partial charge on any atom is -0.494 e. The number of anilines is 1. The zero-order valence-electron chi connectivity index (χ0n) is 14.9. The Labute approximate surface area is 155 Å². The van der Waals surface area contributed by atoms with Crippen LogP contribution in [0.25, 0.3) is 0 Å². The van der Waals surface area contributed by atoms with Crippen LogP contribution in [0, 0.1) is 17.6 Å². The normalized spacial score (nSPS) is 14.7. The molecule has 7 heteroatoms. The fourth-order valence-corrected chi connectivity index (χ4v) is 3.11. The summed E-state index contributed by atoms with van der Waals surface area (Å²) in [5.41, 5.74) is 0.788. The first-order valence-corrected chi connectivity index (χ1v) is 8.67. The summed E-state index contributed by atoms with van der Waals surface area (Å²) in [7, 11) is 1.37. The van der Waals surface area contributed by atoms with Crippen LogP contribution in [0.15, 0.2) is 42.5 Å². The molecule has 5 nitrogen and oxygen atoms in total. The van der Waals surface area contributed by atoms with Gasteiger partial charge in [0, 0.05) is 36.3 Å². The van der Waals surface area contributed by atoms with Crippen LogP contribution in [0.4, 0.5) is 14.5 Å². The van der Waals surface area contributed by atoms with Crippen LogP contribution in [-0.2, 0) is 4.79 Å². The number of carbonyl (C=O) groups excluding carboxylic acids is 2. The second-order valence-corrected chi connectivity index (χ2v) is 6.41. The van der Waals surface area contributed by atoms with E-state index >= 15 is 0 Å². The number of hydrogen-bond acceptors (Lipinski definition) is 3. The second kappa shape index (κ2) is 8.16. The van der Waals surface area contributed by atoms with Gasteiger partial charge in [0.2, 0.25) is 5.91 Å². The molecule has 1 aliphatic rings. The third kappa shape index (κ3) is 4.42. The van der Waals surface area contributed by atoms with Crippen molar-refractivity contribution in [3.8, 4) is 5.75 Å². The Morgan fingerprint density at radius 3 is 2.33 bits per heavy atom. The van der Waals surface area contributed by atoms with Crippen molar-refractivity contribution in [3.63, 3.8) is 0 Å². The summed E-state index contributed by atoms with van der Waals surface area (Å²) in [6.07, 6.45) is 1.02. The van der Waals surface area contributed by atoms with Crippen LogP contribution < -0.4 is 10.1 Å². The highest BCUT2D eigenvalue weighted by atomic mass is 19.1. The summed E-state index contributed by atoms with van der Waals surface area (Å²) in [5, 5.41) is 2.71. The molecule has 0 spiro atoms. The molecule has 2 aromatic rings. The van der Waals surface area contributed by atoms with Crippen LogP contribution in [0.5, 0.6) is 5.75 Å². The van der Waals surface area contributed by atoms with E-state index in [1.807, 2.05) is 0 Å². The SMILES string of the molecule is COc1ccc(NC(=O)C2CCN(C(=O)c3ccc(F)cc3)CC2)cc1F. The molecule has 0 saturated carbocycles. The van der Waals surface area contributed by atoms with Gasteiger partial charge in [-0.15, -0.1) is 0 Å². The largest absolute Gasteiger partial charge is 0.494 e. The Kier molecular flexibility index (Phi) is 5.69. The summed E-state index contributed by atoms with van der Waals surface area (Å²) in [4.78, 5) is 26.5. The fraction of sp³-hybridized carbons (Fsp3) is 0.300. The molecule has 0 bridgehead atoms. The lowest BCUT2D eigenvalue weighted by Crippen LogP contribution is -2.41. The monoisotopic (exact) mass is 374 g/mol. The van der Waals surface area contributed by atoms with Crippen LogP contribution in [0.1, 0.15) is 23.2 Å². The number of amides is 2. The summed E-state index contributed by atoms with van der Waals surface area (Å²) in [5.74, 6) is -1.46. The number of benzene rings is 2. The van der Waals surface area contributed by atoms with Gasteiger partial charge in [-0.05, 0) is 49.2 Å². The number of piperidine rings is 1. The standard InChI is InChI=1S/C20H20F2N2O3/c1-27-18-7-6-16(12-17(18)22)23-19(25)13-8-10-24(11-9-13)20(26)14-2-4-15(21)5-3-14/h2-7,12-13H,8-11H2,1H3,(H,23,25). The van der Waals surface area contributed by atoms with Crippen LogP contribution in [0.2, 0.25) is 0 Å². The van der Waals surface area contributed by atoms with Gasteiger partial charge in [-0.2, -0.15) is 0 Å². The topological polar surface area (TPSA) is 58.6 Å². The Morgan fingerprint density at radius 2 is 1.74 bits per heavy atom. The van der Waals surface area contributed by atoms with Crippen molar-refractivity contribution < 1.29 is 23.1 Å². The summed E-state index contributed by atoms with van der Waals surface area (Å²) < 4.78 is 31.6. The molecule has 142 valence electrons. The van der Waals surface area contributed by atoms with Crippen molar-refractivity contribution in [3.05, 3.63) is 59.7 Å². The Balaban J connectivity index is 1.55. The first kappa shape index (κ1) is 18.8. The highest BCUT2D eigenvalue weighted by Crippen LogP contribution is 2.24. The lowest BCUT2D eigenvalue weighted by Gasteiger charge is -2.31. The average Bonchev–Trinajstić information content (AvgIpc) is 2.68. The smallest absolute Gasteiger partial charge is 0.253 e. The molecule has 0 aliphatic carbocycles. The lowest BCUT2D eigenvalue weighted by atomic mass is 9.95. The Bertz CT molecular complexity index is 832. The van der Waals surface area contributed by atoms with Crippen molar-refractivity contribution in [1.29, 1.82) is 0 Å². The minimum absolute atomic E-state index is 0.112. The van der Waals surface area contributed by atoms with Crippen LogP contribution in [0.3, 0.4) is 0 Å². The third-order valence-electron chi connectivity index (χ3n) is 4.66. The van der Waals surface area contributed by atoms with E-state index in [0.29, 0.717) is 37.2 Å². The van der Waals surface area contributed by atoms with Crippen molar-refractivity contribution in [2.45, 2.75) is 12.8 Å². The Morgan fingerprint density at radius 1 is 1.07 bits per heavy atom. The van der Waals surface area contributed by atoms with Crippen molar-refractivity contribution in [1.82, 2.24) is 4.90 Å². The molecule has 1 aliphatic heterocycles. The van der Waals surface area contributed by atoms with E-state index in [1.54, 1.807) is 11.0 Å². The van der Waals surface area contributed by atoms with Crippen molar-refractivity contribution in [2.75, 3.05) is 25.5 Å². The quantitative estimate of drug-likeness (QED) is 0.892. The van der Waals surface area contributed by atoms with Gasteiger partial charge >= 0.3 is 0 Å². The minimum atomic E-state index is -0.546. The van der Waals surface area contributed by atoms with Gasteiger partial charge in [0.15, 0.2) is 11.6 Å². The van der Waals surface area contributed by atoms with Crippen LogP contribution in [-0.4, -0.2) is 36.9 Å². The number of nitrogens with zero attached hydrogens (tertiary/aromatic N) is 1. The summed E-state index contributed by atoms with van der Waals surface area (Å²) >= 11 is 0. The highest BCUT2D eigenvalue weighted by molar-refractivity contribution is 5.95. The molecule has 27 heavy (non-hydrogen) atoms. The molecule has 3 rings (SSSR count). The molecule has 1 N–H and O–H groups in total. The molecule has 0 unspecified atom stereocenters. The highest BCUT2D eigenvalue weighted by Gasteiger charge is 2.28. The fourth-order valence-electron chi connectivity index (χ4n) is 3.11. The molecule has 0 radical (unpaired) electrons. The third-order valence-corrected chi connectivity index (χ3v) is 4.66. The number of hydrogen-bond donors (Lipinski definition) is 1. The number of rotatable bonds is 4. The predicted octanol–water partition coefficient (Wildman–Crippen LogP) is 3.46. The van der Waals surface area contributed by atoms with Gasteiger partial charge in [0.25, 0.3) is 5.91 Å². The maximum absolute atomic E-state index is 13.7. The summed E-state index contributed by atoms with van der Waals surface area (Å²) in [6, 6.07) is 9.65. The molecule has 1 heterocycles. The van der Waals surface area contributed by atoms with Gasteiger partial charge < -0.3 is 15.0 Å². The molecule has 2 amide bonds. The molecule has 2 aromatic carbocycles. The zero-order chi connectivity index (χ0) is 19.4. The zero-order valence-corrected chi connectivity index (χ0v) is 14.9. The second-order valence-electron chi connectivity index (χ2n) is 6.41. The molecule has 1 saturated heterocycles. The van der Waals surface area contributed by atoms with E-state index in [4.69, 9.17) is 4.74 Å². The number of likely N-dealkylation sites (tertiary alicyclic amines) is 1. The van der Waals surface area contributed by atoms with Crippen LogP contribution >= 0.6 is 0 Å². The maximum Gasteiger partial charge on any atom is 0.253 e. The van der Waals surface area contributed by atoms with Gasteiger partial charge in [-0.3, -0.25) is 9.59 Å². The molecule has 1 fully saturated rings. The van der Waals surface area contributed by atoms with Gasteiger partial charge in [0.1, 0.15) is 5.82 Å². The number of ether oxygens (including phenoxy) is 1. The van der Waals surface area contributed by atoms with E-state index in [9.17, 15) is 18.4 Å². The van der Waals surface area contributed by atoms with Gasteiger partial charge in [-0.25, -0.2) is 8.78 Å². The number of carbonyl (C=O) groups is 2. The molecule has 0 atom stereocenters. The van der Waals surface area contributed by atoms with Gasteiger partial charge in [0.05, 0.1) is 7.11 Å². The Hall–Kier alpha value is -2.96. The maximum atomic E-state index is 13.7. The lowest BCUT2D eigenvalue weighted by molar-refractivity contribution is -0.121. The summed E-state index contributed by atoms with van der Waals surface area (Å²) in [6.45, 7) is 0.872. The van der Waals surface area contributed by atoms with E-state index in [2.05, 4.69) is 5.32 Å². The van der Waals surface area contributed by atoms with Crippen molar-refractivity contribution in [2.24, 2.45) is 5.92 Å². The van der Waals surface area contributed by atoms with Gasteiger partial charge in [-0.1, -0.05) is 0 Å². The number of nitrogens with one attached hydrogen (secondary N) is 1. The average molecular weight is 374 g/mol. The number of methoxy groups -OCH3 is 1. The first-order valence-electron chi connectivity index (χ1n) is 8.67.